The third kappa shape index (κ3) is 4.58. The average molecular weight is 498 g/mol. The normalized spacial score (nSPS) is 11.1. The van der Waals surface area contributed by atoms with Crippen LogP contribution in [-0.2, 0) is 13.1 Å². The molecule has 8 nitrogen and oxygen atoms in total. The van der Waals surface area contributed by atoms with E-state index in [2.05, 4.69) is 16.0 Å². The van der Waals surface area contributed by atoms with E-state index < -0.39 is 11.8 Å². The predicted molar refractivity (Wildman–Crippen MR) is 139 cm³/mol. The molecular formula is C28H24FN5O3. The SMILES string of the molecule is CCCn1nc(C(=O)NNC(=O)c2cc3ccccc3n2Cc2ccccc2F)c2ccccc2c1=O. The van der Waals surface area contributed by atoms with Crippen molar-refractivity contribution in [2.24, 2.45) is 0 Å². The van der Waals surface area contributed by atoms with Crippen LogP contribution >= 0.6 is 0 Å². The Labute approximate surface area is 211 Å². The lowest BCUT2D eigenvalue weighted by Gasteiger charge is -2.13. The Morgan fingerprint density at radius 2 is 1.57 bits per heavy atom. The fraction of sp³-hybridized carbons (Fsp3) is 0.143. The summed E-state index contributed by atoms with van der Waals surface area (Å²) in [6.07, 6.45) is 0.662. The largest absolute Gasteiger partial charge is 0.332 e. The van der Waals surface area contributed by atoms with Crippen LogP contribution in [0.5, 0.6) is 0 Å². The number of carbonyl (C=O) groups excluding carboxylic acids is 2. The molecule has 0 radical (unpaired) electrons. The molecule has 5 aromatic rings. The van der Waals surface area contributed by atoms with Crippen LogP contribution in [0, 0.1) is 5.82 Å². The minimum absolute atomic E-state index is 0.0239. The lowest BCUT2D eigenvalue weighted by Crippen LogP contribution is -2.43. The van der Waals surface area contributed by atoms with Gasteiger partial charge in [0.2, 0.25) is 0 Å². The molecule has 0 atom stereocenters. The third-order valence-electron chi connectivity index (χ3n) is 6.14. The van der Waals surface area contributed by atoms with Crippen LogP contribution in [0.25, 0.3) is 21.7 Å². The molecule has 5 rings (SSSR count). The molecule has 0 saturated heterocycles. The number of halogens is 1. The Morgan fingerprint density at radius 1 is 0.892 bits per heavy atom. The van der Waals surface area contributed by atoms with Crippen LogP contribution in [0.15, 0.2) is 83.7 Å². The molecule has 3 aromatic carbocycles. The molecule has 2 amide bonds. The van der Waals surface area contributed by atoms with Crippen LogP contribution in [-0.4, -0.2) is 26.2 Å². The van der Waals surface area contributed by atoms with E-state index in [0.717, 1.165) is 10.9 Å². The topological polar surface area (TPSA) is 98.0 Å². The van der Waals surface area contributed by atoms with Crippen LogP contribution in [0.1, 0.15) is 39.9 Å². The van der Waals surface area contributed by atoms with Crippen molar-refractivity contribution in [3.8, 4) is 0 Å². The zero-order valence-electron chi connectivity index (χ0n) is 20.1. The second-order valence-corrected chi connectivity index (χ2v) is 8.60. The van der Waals surface area contributed by atoms with Gasteiger partial charge in [-0.25, -0.2) is 9.07 Å². The van der Waals surface area contributed by atoms with Gasteiger partial charge in [-0.1, -0.05) is 61.5 Å². The highest BCUT2D eigenvalue weighted by Crippen LogP contribution is 2.22. The number of hydrogen-bond donors (Lipinski definition) is 2. The van der Waals surface area contributed by atoms with Gasteiger partial charge < -0.3 is 4.57 Å². The van der Waals surface area contributed by atoms with Crippen molar-refractivity contribution in [2.45, 2.75) is 26.4 Å². The summed E-state index contributed by atoms with van der Waals surface area (Å²) in [5.74, 6) is -1.61. The summed E-state index contributed by atoms with van der Waals surface area (Å²) >= 11 is 0. The molecule has 2 N–H and O–H groups in total. The van der Waals surface area contributed by atoms with Gasteiger partial charge in [-0.3, -0.25) is 25.2 Å². The van der Waals surface area contributed by atoms with E-state index in [9.17, 15) is 18.8 Å². The van der Waals surface area contributed by atoms with Gasteiger partial charge in [0.25, 0.3) is 17.4 Å². The van der Waals surface area contributed by atoms with E-state index in [1.807, 2.05) is 31.2 Å². The van der Waals surface area contributed by atoms with Crippen LogP contribution < -0.4 is 16.4 Å². The van der Waals surface area contributed by atoms with Crippen molar-refractivity contribution in [1.29, 1.82) is 0 Å². The minimum Gasteiger partial charge on any atom is -0.332 e. The Balaban J connectivity index is 1.45. The van der Waals surface area contributed by atoms with Crippen molar-refractivity contribution in [1.82, 2.24) is 25.2 Å². The van der Waals surface area contributed by atoms with Gasteiger partial charge in [0.05, 0.1) is 11.9 Å². The molecule has 9 heteroatoms. The first kappa shape index (κ1) is 23.9. The molecule has 2 heterocycles. The number of hydrazine groups is 1. The second kappa shape index (κ2) is 10.1. The molecule has 0 bridgehead atoms. The smallest absolute Gasteiger partial charge is 0.290 e. The molecule has 186 valence electrons. The lowest BCUT2D eigenvalue weighted by molar-refractivity contribution is 0.0839. The number of carbonyl (C=O) groups is 2. The number of aryl methyl sites for hydroxylation is 1. The zero-order chi connectivity index (χ0) is 25.9. The molecule has 0 fully saturated rings. The molecule has 0 spiro atoms. The number of aromatic nitrogens is 3. The average Bonchev–Trinajstić information content (AvgIpc) is 3.28. The summed E-state index contributed by atoms with van der Waals surface area (Å²) in [5.41, 5.74) is 6.04. The summed E-state index contributed by atoms with van der Waals surface area (Å²) < 4.78 is 17.4. The maximum absolute atomic E-state index is 14.4. The van der Waals surface area contributed by atoms with Crippen molar-refractivity contribution in [3.05, 3.63) is 112 Å². The highest BCUT2D eigenvalue weighted by molar-refractivity contribution is 6.06. The number of nitrogens with one attached hydrogen (secondary N) is 2. The summed E-state index contributed by atoms with van der Waals surface area (Å²) in [6.45, 7) is 2.39. The highest BCUT2D eigenvalue weighted by Gasteiger charge is 2.20. The molecule has 0 unspecified atom stereocenters. The quantitative estimate of drug-likeness (QED) is 0.346. The van der Waals surface area contributed by atoms with Crippen molar-refractivity contribution in [3.63, 3.8) is 0 Å². The molecular weight excluding hydrogens is 473 g/mol. The van der Waals surface area contributed by atoms with Gasteiger partial charge in [-0.2, -0.15) is 5.10 Å². The van der Waals surface area contributed by atoms with E-state index in [1.165, 1.54) is 10.7 Å². The van der Waals surface area contributed by atoms with E-state index >= 15 is 0 Å². The van der Waals surface area contributed by atoms with E-state index in [4.69, 9.17) is 0 Å². The highest BCUT2D eigenvalue weighted by atomic mass is 19.1. The molecule has 0 aliphatic rings. The number of rotatable bonds is 6. The summed E-state index contributed by atoms with van der Waals surface area (Å²) in [6, 6.07) is 22.2. The van der Waals surface area contributed by atoms with Crippen molar-refractivity contribution in [2.75, 3.05) is 0 Å². The Kier molecular flexibility index (Phi) is 6.51. The first-order chi connectivity index (χ1) is 18.0. The van der Waals surface area contributed by atoms with Gasteiger partial charge in [0, 0.05) is 28.4 Å². The second-order valence-electron chi connectivity index (χ2n) is 8.60. The standard InChI is InChI=1S/C28H24FN5O3/c1-2-15-34-28(37)21-12-6-5-11-20(21)25(32-34)27(36)31-30-26(35)24-16-18-9-4-8-14-23(18)33(24)17-19-10-3-7-13-22(19)29/h3-14,16H,2,15,17H2,1H3,(H,30,35)(H,31,36). The van der Waals surface area contributed by atoms with Crippen molar-refractivity contribution >= 4 is 33.5 Å². The van der Waals surface area contributed by atoms with Crippen molar-refractivity contribution < 1.29 is 14.0 Å². The van der Waals surface area contributed by atoms with Gasteiger partial charge in [0.1, 0.15) is 11.5 Å². The Hall–Kier alpha value is -4.79. The molecule has 2 aromatic heterocycles. The number of benzene rings is 3. The van der Waals surface area contributed by atoms with E-state index in [1.54, 1.807) is 53.1 Å². The monoisotopic (exact) mass is 497 g/mol. The van der Waals surface area contributed by atoms with E-state index in [0.29, 0.717) is 29.3 Å². The Bertz CT molecular complexity index is 1710. The maximum Gasteiger partial charge on any atom is 0.290 e. The van der Waals surface area contributed by atoms with Gasteiger partial charge >= 0.3 is 0 Å². The van der Waals surface area contributed by atoms with Crippen LogP contribution in [0.2, 0.25) is 0 Å². The van der Waals surface area contributed by atoms with Gasteiger partial charge in [-0.15, -0.1) is 0 Å². The predicted octanol–water partition coefficient (Wildman–Crippen LogP) is 4.02. The number of fused-ring (bicyclic) bond motifs is 2. The minimum atomic E-state index is -0.661. The summed E-state index contributed by atoms with van der Waals surface area (Å²) in [7, 11) is 0. The number of para-hydroxylation sites is 1. The van der Waals surface area contributed by atoms with Gasteiger partial charge in [0.15, 0.2) is 5.69 Å². The fourth-order valence-corrected chi connectivity index (χ4v) is 4.37. The first-order valence-electron chi connectivity index (χ1n) is 11.9. The fourth-order valence-electron chi connectivity index (χ4n) is 4.37. The summed E-state index contributed by atoms with van der Waals surface area (Å²) in [5, 5.41) is 5.81. The van der Waals surface area contributed by atoms with Gasteiger partial charge in [-0.05, 0) is 30.7 Å². The number of amides is 2. The van der Waals surface area contributed by atoms with E-state index in [-0.39, 0.29) is 29.3 Å². The molecule has 0 aliphatic heterocycles. The number of hydrogen-bond acceptors (Lipinski definition) is 4. The lowest BCUT2D eigenvalue weighted by atomic mass is 10.1. The maximum atomic E-state index is 14.4. The van der Waals surface area contributed by atoms with Crippen LogP contribution in [0.4, 0.5) is 4.39 Å². The summed E-state index contributed by atoms with van der Waals surface area (Å²) in [4.78, 5) is 39.0. The Morgan fingerprint density at radius 3 is 2.35 bits per heavy atom. The first-order valence-corrected chi connectivity index (χ1v) is 11.9. The molecule has 37 heavy (non-hydrogen) atoms. The molecule has 0 saturated carbocycles. The zero-order valence-corrected chi connectivity index (χ0v) is 20.1. The number of nitrogens with zero attached hydrogens (tertiary/aromatic N) is 3. The molecule has 0 aliphatic carbocycles. The third-order valence-corrected chi connectivity index (χ3v) is 6.14. The van der Waals surface area contributed by atoms with Crippen LogP contribution in [0.3, 0.4) is 0 Å².